The fraction of sp³-hybridized carbons (Fsp3) is 0.976. The van der Waals surface area contributed by atoms with Gasteiger partial charge in [-0.2, -0.15) is 0 Å². The van der Waals surface area contributed by atoms with Gasteiger partial charge < -0.3 is 26.2 Å². The van der Waals surface area contributed by atoms with E-state index in [1.807, 2.05) is 0 Å². The molecule has 312 valence electrons. The van der Waals surface area contributed by atoms with Gasteiger partial charge in [0.05, 0.1) is 37.9 Å². The zero-order chi connectivity index (χ0) is 38.4. The van der Waals surface area contributed by atoms with Gasteiger partial charge in [-0.15, -0.1) is 0 Å². The van der Waals surface area contributed by atoms with Crippen molar-refractivity contribution in [3.63, 3.8) is 0 Å². The van der Waals surface area contributed by atoms with Gasteiger partial charge in [-0.3, -0.25) is 13.8 Å². The Bertz CT molecular complexity index is 806. The highest BCUT2D eigenvalue weighted by atomic mass is 31.2. The van der Waals surface area contributed by atoms with Crippen LogP contribution in [0.4, 0.5) is 0 Å². The van der Waals surface area contributed by atoms with Gasteiger partial charge in [0.15, 0.2) is 0 Å². The molecular weight excluding hydrogens is 675 g/mol. The van der Waals surface area contributed by atoms with E-state index in [0.29, 0.717) is 12.8 Å². The van der Waals surface area contributed by atoms with Crippen molar-refractivity contribution in [2.75, 3.05) is 19.8 Å². The molecule has 0 heterocycles. The van der Waals surface area contributed by atoms with E-state index in [2.05, 4.69) is 19.2 Å². The van der Waals surface area contributed by atoms with Gasteiger partial charge in [-0.05, 0) is 12.8 Å². The molecule has 0 spiro atoms. The Kier molecular flexibility index (Phi) is 38.3. The number of rotatable bonds is 42. The van der Waals surface area contributed by atoms with Crippen molar-refractivity contribution in [2.45, 2.75) is 244 Å². The monoisotopic (exact) mass is 763 g/mol. The van der Waals surface area contributed by atoms with E-state index < -0.39 is 32.0 Å². The predicted molar refractivity (Wildman–Crippen MR) is 218 cm³/mol. The SMILES string of the molecule is CCCCCCCCCCCCCCCCCC(O)CC(=O)NC(COP(=O)(O)OCCN)C(O)CCCCCCCCCCCCCCCCC. The molecule has 4 unspecified atom stereocenters. The smallest absolute Gasteiger partial charge is 0.393 e. The quantitative estimate of drug-likeness (QED) is 0.0304. The van der Waals surface area contributed by atoms with Gasteiger partial charge in [0.1, 0.15) is 0 Å². The molecule has 0 saturated carbocycles. The normalized spacial score (nSPS) is 14.7. The number of phosphoric ester groups is 1. The van der Waals surface area contributed by atoms with E-state index in [4.69, 9.17) is 14.8 Å². The number of unbranched alkanes of at least 4 members (excludes halogenated alkanes) is 28. The predicted octanol–water partition coefficient (Wildman–Crippen LogP) is 11.2. The second-order valence-corrected chi connectivity index (χ2v) is 16.9. The van der Waals surface area contributed by atoms with Gasteiger partial charge in [0.25, 0.3) is 0 Å². The molecule has 4 atom stereocenters. The van der Waals surface area contributed by atoms with Gasteiger partial charge in [-0.1, -0.05) is 206 Å². The first-order chi connectivity index (χ1) is 25.3. The summed E-state index contributed by atoms with van der Waals surface area (Å²) < 4.78 is 22.1. The lowest BCUT2D eigenvalue weighted by atomic mass is 10.0. The maximum absolute atomic E-state index is 12.8. The summed E-state index contributed by atoms with van der Waals surface area (Å²) in [5, 5.41) is 24.2. The molecule has 0 fully saturated rings. The van der Waals surface area contributed by atoms with E-state index in [0.717, 1.165) is 38.5 Å². The number of amides is 1. The van der Waals surface area contributed by atoms with Gasteiger partial charge >= 0.3 is 7.82 Å². The van der Waals surface area contributed by atoms with E-state index in [-0.39, 0.29) is 26.2 Å². The number of nitrogens with two attached hydrogens (primary N) is 1. The van der Waals surface area contributed by atoms with Crippen LogP contribution >= 0.6 is 7.82 Å². The Morgan fingerprint density at radius 2 is 0.923 bits per heavy atom. The molecule has 52 heavy (non-hydrogen) atoms. The van der Waals surface area contributed by atoms with Crippen molar-refractivity contribution >= 4 is 13.7 Å². The highest BCUT2D eigenvalue weighted by Gasteiger charge is 2.28. The van der Waals surface area contributed by atoms with Gasteiger partial charge in [-0.25, -0.2) is 4.57 Å². The van der Waals surface area contributed by atoms with Crippen LogP contribution < -0.4 is 11.1 Å². The molecule has 0 aromatic rings. The number of hydrogen-bond acceptors (Lipinski definition) is 7. The second-order valence-electron chi connectivity index (χ2n) is 15.5. The second kappa shape index (κ2) is 38.7. The van der Waals surface area contributed by atoms with E-state index >= 15 is 0 Å². The number of nitrogens with one attached hydrogen (secondary N) is 1. The third-order valence-corrected chi connectivity index (χ3v) is 11.2. The Morgan fingerprint density at radius 3 is 1.29 bits per heavy atom. The number of phosphoric acid groups is 1. The summed E-state index contributed by atoms with van der Waals surface area (Å²) in [6.45, 7) is 4.07. The Hall–Kier alpha value is -0.540. The number of aliphatic hydroxyl groups excluding tert-OH is 2. The summed E-state index contributed by atoms with van der Waals surface area (Å²) in [4.78, 5) is 22.8. The van der Waals surface area contributed by atoms with Crippen molar-refractivity contribution in [3.05, 3.63) is 0 Å². The van der Waals surface area contributed by atoms with Crippen LogP contribution in [0.3, 0.4) is 0 Å². The molecule has 0 aromatic heterocycles. The first-order valence-corrected chi connectivity index (χ1v) is 23.7. The Labute approximate surface area is 321 Å². The molecule has 0 aromatic carbocycles. The van der Waals surface area contributed by atoms with E-state index in [9.17, 15) is 24.5 Å². The Morgan fingerprint density at radius 1 is 0.577 bits per heavy atom. The number of aliphatic hydroxyl groups is 2. The molecule has 0 bridgehead atoms. The lowest BCUT2D eigenvalue weighted by Crippen LogP contribution is -2.47. The maximum Gasteiger partial charge on any atom is 0.472 e. The van der Waals surface area contributed by atoms with Crippen molar-refractivity contribution in [3.8, 4) is 0 Å². The molecule has 0 radical (unpaired) electrons. The molecule has 0 aliphatic rings. The largest absolute Gasteiger partial charge is 0.472 e. The lowest BCUT2D eigenvalue weighted by Gasteiger charge is -2.25. The third kappa shape index (κ3) is 36.4. The molecule has 6 N–H and O–H groups in total. The topological polar surface area (TPSA) is 151 Å². The first-order valence-electron chi connectivity index (χ1n) is 22.2. The van der Waals surface area contributed by atoms with E-state index in [1.165, 1.54) is 154 Å². The summed E-state index contributed by atoms with van der Waals surface area (Å²) in [5.41, 5.74) is 5.37. The van der Waals surface area contributed by atoms with Crippen molar-refractivity contribution in [1.29, 1.82) is 0 Å². The van der Waals surface area contributed by atoms with Gasteiger partial charge in [0, 0.05) is 6.54 Å². The third-order valence-electron chi connectivity index (χ3n) is 10.3. The van der Waals surface area contributed by atoms with Crippen LogP contribution in [0, 0.1) is 0 Å². The van der Waals surface area contributed by atoms with Crippen LogP contribution in [-0.4, -0.2) is 59.0 Å². The zero-order valence-electron chi connectivity index (χ0n) is 34.2. The molecular formula is C42H87N2O7P. The van der Waals surface area contributed by atoms with Crippen LogP contribution in [0.1, 0.15) is 226 Å². The molecule has 0 aliphatic carbocycles. The minimum Gasteiger partial charge on any atom is -0.393 e. The average Bonchev–Trinajstić information content (AvgIpc) is 3.12. The molecule has 0 rings (SSSR count). The van der Waals surface area contributed by atoms with Crippen molar-refractivity contribution in [2.24, 2.45) is 5.73 Å². The van der Waals surface area contributed by atoms with Crippen LogP contribution in [0.15, 0.2) is 0 Å². The standard InChI is InChI=1S/C42H87N2O7P/c1-3-5-7-9-11-13-15-17-19-21-23-25-27-29-31-33-39(45)37-42(47)44-40(38-51-52(48,49)50-36-35-43)41(46)34-32-30-28-26-24-22-20-18-16-14-12-10-8-6-4-2/h39-41,45-46H,3-38,43H2,1-2H3,(H,44,47)(H,48,49). The van der Waals surface area contributed by atoms with Crippen molar-refractivity contribution < 1.29 is 33.5 Å². The fourth-order valence-electron chi connectivity index (χ4n) is 6.89. The number of carbonyl (C=O) groups is 1. The first kappa shape index (κ1) is 51.5. The summed E-state index contributed by atoms with van der Waals surface area (Å²) in [6.07, 6.45) is 37.1. The maximum atomic E-state index is 12.8. The summed E-state index contributed by atoms with van der Waals surface area (Å²) >= 11 is 0. The lowest BCUT2D eigenvalue weighted by molar-refractivity contribution is -0.125. The molecule has 0 aliphatic heterocycles. The minimum absolute atomic E-state index is 0.0626. The summed E-state index contributed by atoms with van der Waals surface area (Å²) in [5.74, 6) is -0.409. The van der Waals surface area contributed by atoms with Crippen molar-refractivity contribution in [1.82, 2.24) is 5.32 Å². The highest BCUT2D eigenvalue weighted by Crippen LogP contribution is 2.43. The number of hydrogen-bond donors (Lipinski definition) is 5. The van der Waals surface area contributed by atoms with Crippen LogP contribution in [0.25, 0.3) is 0 Å². The van der Waals surface area contributed by atoms with Crippen LogP contribution in [-0.2, 0) is 18.4 Å². The number of carbonyl (C=O) groups excluding carboxylic acids is 1. The molecule has 1 amide bonds. The highest BCUT2D eigenvalue weighted by molar-refractivity contribution is 7.47. The average molecular weight is 763 g/mol. The Balaban J connectivity index is 4.23. The van der Waals surface area contributed by atoms with Crippen LogP contribution in [0.2, 0.25) is 0 Å². The van der Waals surface area contributed by atoms with E-state index in [1.54, 1.807) is 0 Å². The van der Waals surface area contributed by atoms with Gasteiger partial charge in [0.2, 0.25) is 5.91 Å². The zero-order valence-corrected chi connectivity index (χ0v) is 35.1. The minimum atomic E-state index is -4.37. The fourth-order valence-corrected chi connectivity index (χ4v) is 7.65. The molecule has 10 heteroatoms. The van der Waals surface area contributed by atoms with Crippen LogP contribution in [0.5, 0.6) is 0 Å². The summed E-state index contributed by atoms with van der Waals surface area (Å²) in [7, 11) is -4.37. The molecule has 9 nitrogen and oxygen atoms in total. The molecule has 0 saturated heterocycles. The summed E-state index contributed by atoms with van der Waals surface area (Å²) in [6, 6.07) is -0.890.